The first-order chi connectivity index (χ1) is 32.0. The molecule has 0 spiro atoms. The average Bonchev–Trinajstić information content (AvgIpc) is 3.30. The quantitative estimate of drug-likeness (QED) is 0.0321. The van der Waals surface area contributed by atoms with E-state index in [1.807, 2.05) is 0 Å². The van der Waals surface area contributed by atoms with Crippen LogP contribution in [0.5, 0.6) is 0 Å². The van der Waals surface area contributed by atoms with Crippen LogP contribution in [0.25, 0.3) is 0 Å². The molecule has 3 atom stereocenters. The van der Waals surface area contributed by atoms with Crippen LogP contribution in [0.3, 0.4) is 0 Å². The van der Waals surface area contributed by atoms with Gasteiger partial charge in [0.25, 0.3) is 0 Å². The first-order valence-corrected chi connectivity index (χ1v) is 27.0. The fraction of sp³-hybridized carbons (Fsp3) is 0.695. The zero-order chi connectivity index (χ0) is 47.4. The van der Waals surface area contributed by atoms with E-state index in [-0.39, 0.29) is 24.9 Å². The van der Waals surface area contributed by atoms with Crippen LogP contribution >= 0.6 is 0 Å². The predicted octanol–water partition coefficient (Wildman–Crippen LogP) is 16.5. The molecule has 0 rings (SSSR count). The van der Waals surface area contributed by atoms with Crippen LogP contribution < -0.4 is 5.32 Å². The van der Waals surface area contributed by atoms with Crippen LogP contribution in [-0.2, 0) is 14.3 Å². The van der Waals surface area contributed by atoms with Crippen molar-refractivity contribution in [2.75, 3.05) is 6.61 Å². The number of carbonyl (C=O) groups excluding carboxylic acids is 2. The second-order valence-electron chi connectivity index (χ2n) is 17.9. The molecule has 0 saturated heterocycles. The number of aliphatic hydroxyl groups excluding tert-OH is 2. The lowest BCUT2D eigenvalue weighted by Crippen LogP contribution is -2.46. The van der Waals surface area contributed by atoms with Crippen molar-refractivity contribution in [2.24, 2.45) is 0 Å². The van der Waals surface area contributed by atoms with Crippen LogP contribution in [0.2, 0.25) is 0 Å². The molecular formula is C59H101NO5. The number of aliphatic hydroxyl groups is 2. The number of hydrogen-bond acceptors (Lipinski definition) is 5. The van der Waals surface area contributed by atoms with Crippen molar-refractivity contribution in [3.05, 3.63) is 97.2 Å². The summed E-state index contributed by atoms with van der Waals surface area (Å²) in [5.41, 5.74) is 0. The summed E-state index contributed by atoms with van der Waals surface area (Å²) in [6.45, 7) is 6.24. The number of carbonyl (C=O) groups is 2. The number of allylic oxidation sites excluding steroid dienone is 16. The normalized spacial score (nSPS) is 14.0. The topological polar surface area (TPSA) is 95.9 Å². The zero-order valence-corrected chi connectivity index (χ0v) is 42.3. The molecule has 65 heavy (non-hydrogen) atoms. The predicted molar refractivity (Wildman–Crippen MR) is 282 cm³/mol. The van der Waals surface area contributed by atoms with E-state index in [1.165, 1.54) is 83.5 Å². The maximum atomic E-state index is 13.2. The summed E-state index contributed by atoms with van der Waals surface area (Å²) in [5, 5.41) is 23.8. The highest BCUT2D eigenvalue weighted by Gasteiger charge is 2.24. The zero-order valence-electron chi connectivity index (χ0n) is 42.3. The van der Waals surface area contributed by atoms with E-state index in [4.69, 9.17) is 4.74 Å². The van der Waals surface area contributed by atoms with Gasteiger partial charge in [-0.3, -0.25) is 9.59 Å². The van der Waals surface area contributed by atoms with Crippen LogP contribution in [0.1, 0.15) is 239 Å². The van der Waals surface area contributed by atoms with E-state index < -0.39 is 18.2 Å². The maximum Gasteiger partial charge on any atom is 0.306 e. The average molecular weight is 904 g/mol. The molecular weight excluding hydrogens is 803 g/mol. The van der Waals surface area contributed by atoms with Gasteiger partial charge in [0.15, 0.2) is 0 Å². The molecule has 0 fully saturated rings. The molecule has 0 bridgehead atoms. The van der Waals surface area contributed by atoms with Crippen molar-refractivity contribution in [1.29, 1.82) is 0 Å². The minimum atomic E-state index is -0.810. The first-order valence-electron chi connectivity index (χ1n) is 27.0. The van der Waals surface area contributed by atoms with Gasteiger partial charge in [-0.1, -0.05) is 227 Å². The van der Waals surface area contributed by atoms with Crippen LogP contribution in [0, 0.1) is 0 Å². The van der Waals surface area contributed by atoms with E-state index in [0.717, 1.165) is 109 Å². The van der Waals surface area contributed by atoms with Crippen molar-refractivity contribution in [3.63, 3.8) is 0 Å². The summed E-state index contributed by atoms with van der Waals surface area (Å²) in [5.74, 6) is -0.549. The summed E-state index contributed by atoms with van der Waals surface area (Å²) < 4.78 is 5.91. The fourth-order valence-corrected chi connectivity index (χ4v) is 7.65. The van der Waals surface area contributed by atoms with Crippen molar-refractivity contribution in [1.82, 2.24) is 5.32 Å². The van der Waals surface area contributed by atoms with Gasteiger partial charge in [-0.25, -0.2) is 0 Å². The number of hydrogen-bond donors (Lipinski definition) is 3. The third-order valence-corrected chi connectivity index (χ3v) is 11.7. The van der Waals surface area contributed by atoms with Gasteiger partial charge in [-0.05, 0) is 96.3 Å². The second kappa shape index (κ2) is 51.8. The van der Waals surface area contributed by atoms with E-state index >= 15 is 0 Å². The Labute approximate surface area is 401 Å². The molecule has 0 aliphatic heterocycles. The van der Waals surface area contributed by atoms with E-state index in [9.17, 15) is 19.8 Å². The van der Waals surface area contributed by atoms with Crippen molar-refractivity contribution in [3.8, 4) is 0 Å². The van der Waals surface area contributed by atoms with E-state index in [2.05, 4.69) is 123 Å². The monoisotopic (exact) mass is 904 g/mol. The molecule has 0 aliphatic rings. The Balaban J connectivity index is 4.73. The van der Waals surface area contributed by atoms with E-state index in [0.29, 0.717) is 19.3 Å². The lowest BCUT2D eigenvalue weighted by atomic mass is 10.0. The van der Waals surface area contributed by atoms with Gasteiger partial charge in [0.2, 0.25) is 5.91 Å². The van der Waals surface area contributed by atoms with Crippen molar-refractivity contribution >= 4 is 11.9 Å². The molecule has 3 unspecified atom stereocenters. The van der Waals surface area contributed by atoms with Gasteiger partial charge < -0.3 is 20.3 Å². The van der Waals surface area contributed by atoms with E-state index in [1.54, 1.807) is 0 Å². The highest BCUT2D eigenvalue weighted by molar-refractivity contribution is 5.77. The molecule has 0 radical (unpaired) electrons. The molecule has 0 aromatic heterocycles. The Morgan fingerprint density at radius 1 is 0.462 bits per heavy atom. The Kier molecular flexibility index (Phi) is 49.2. The molecule has 3 N–H and O–H groups in total. The third-order valence-electron chi connectivity index (χ3n) is 11.7. The number of nitrogens with one attached hydrogen (secondary N) is 1. The third kappa shape index (κ3) is 47.1. The molecule has 0 aromatic rings. The largest absolute Gasteiger partial charge is 0.462 e. The second-order valence-corrected chi connectivity index (χ2v) is 17.9. The molecule has 1 amide bonds. The Morgan fingerprint density at radius 3 is 1.29 bits per heavy atom. The molecule has 6 heteroatoms. The number of amides is 1. The van der Waals surface area contributed by atoms with Crippen molar-refractivity contribution in [2.45, 2.75) is 257 Å². The Morgan fingerprint density at radius 2 is 0.846 bits per heavy atom. The Bertz CT molecular complexity index is 1290. The number of rotatable bonds is 47. The lowest BCUT2D eigenvalue weighted by molar-refractivity contribution is -0.151. The Hall–Kier alpha value is -3.22. The summed E-state index contributed by atoms with van der Waals surface area (Å²) in [6, 6.07) is -0.728. The molecule has 372 valence electrons. The highest BCUT2D eigenvalue weighted by atomic mass is 16.5. The first kappa shape index (κ1) is 61.8. The minimum absolute atomic E-state index is 0.0282. The number of esters is 1. The van der Waals surface area contributed by atoms with Crippen LogP contribution in [0.4, 0.5) is 0 Å². The summed E-state index contributed by atoms with van der Waals surface area (Å²) >= 11 is 0. The standard InChI is InChI=1S/C59H101NO5/c1-4-7-10-13-16-19-22-25-27-29-30-33-35-38-41-44-47-50-55(65-59(64)52-49-46-43-40-37-34-31-28-26-23-20-17-14-11-8-5-2)53-58(63)60-56(54-61)57(62)51-48-45-42-39-36-32-24-21-18-15-12-9-6-3/h7-8,10-11,16-17,19-20,25-28,30,33,38,41,55-57,61-62H,4-6,9,12-15,18,21-24,29,31-32,34-37,39-40,42-54H2,1-3H3,(H,60,63)/b10-7-,11-8+,19-16-,20-17+,27-25-,28-26+,33-30-,41-38-. The summed E-state index contributed by atoms with van der Waals surface area (Å²) in [7, 11) is 0. The SMILES string of the molecule is CC/C=C\C/C=C\C/C=C\C/C=C\C/C=C\CCCC(CC(=O)NC(CO)C(O)CCCCCCCCCCCCCCC)OC(=O)CCCCCCCC/C=C/C/C=C/C/C=C/CC. The minimum Gasteiger partial charge on any atom is -0.462 e. The van der Waals surface area contributed by atoms with Gasteiger partial charge in [0.05, 0.1) is 25.2 Å². The molecule has 6 nitrogen and oxygen atoms in total. The van der Waals surface area contributed by atoms with Gasteiger partial charge in [0, 0.05) is 6.42 Å². The lowest BCUT2D eigenvalue weighted by Gasteiger charge is -2.24. The fourth-order valence-electron chi connectivity index (χ4n) is 7.65. The number of unbranched alkanes of at least 4 members (excludes halogenated alkanes) is 19. The molecule has 0 saturated carbocycles. The van der Waals surface area contributed by atoms with Gasteiger partial charge in [0.1, 0.15) is 6.10 Å². The summed E-state index contributed by atoms with van der Waals surface area (Å²) in [4.78, 5) is 26.2. The van der Waals surface area contributed by atoms with Gasteiger partial charge >= 0.3 is 5.97 Å². The molecule has 0 aliphatic carbocycles. The summed E-state index contributed by atoms with van der Waals surface area (Å²) in [6.07, 6.45) is 69.0. The molecule has 0 heterocycles. The van der Waals surface area contributed by atoms with Gasteiger partial charge in [-0.15, -0.1) is 0 Å². The van der Waals surface area contributed by atoms with Crippen molar-refractivity contribution < 1.29 is 24.5 Å². The smallest absolute Gasteiger partial charge is 0.306 e. The van der Waals surface area contributed by atoms with Gasteiger partial charge in [-0.2, -0.15) is 0 Å². The molecule has 0 aromatic carbocycles. The van der Waals surface area contributed by atoms with Crippen LogP contribution in [0.15, 0.2) is 97.2 Å². The number of ether oxygens (including phenoxy) is 1. The van der Waals surface area contributed by atoms with Crippen LogP contribution in [-0.4, -0.2) is 46.9 Å². The maximum absolute atomic E-state index is 13.2. The highest BCUT2D eigenvalue weighted by Crippen LogP contribution is 2.17.